The Labute approximate surface area is 165 Å². The van der Waals surface area contributed by atoms with Gasteiger partial charge in [0.1, 0.15) is 10.5 Å². The van der Waals surface area contributed by atoms with Crippen LogP contribution in [-0.2, 0) is 12.3 Å². The maximum atomic E-state index is 13.0. The topological polar surface area (TPSA) is 52.2 Å². The van der Waals surface area contributed by atoms with Crippen LogP contribution >= 0.6 is 23.1 Å². The van der Waals surface area contributed by atoms with Gasteiger partial charge in [-0.2, -0.15) is 0 Å². The molecule has 0 aliphatic rings. The van der Waals surface area contributed by atoms with Crippen molar-refractivity contribution in [2.45, 2.75) is 38.2 Å². The zero-order valence-corrected chi connectivity index (χ0v) is 17.2. The summed E-state index contributed by atoms with van der Waals surface area (Å²) in [7, 11) is 0. The van der Waals surface area contributed by atoms with Crippen LogP contribution in [-0.4, -0.2) is 18.9 Å². The molecule has 7 heteroatoms. The molecule has 138 valence electrons. The molecule has 0 atom stereocenters. The van der Waals surface area contributed by atoms with Crippen molar-refractivity contribution in [3.05, 3.63) is 69.2 Å². The Hall–Kier alpha value is -2.38. The Morgan fingerprint density at radius 3 is 2.81 bits per heavy atom. The number of aryl methyl sites for hydroxylation is 3. The summed E-state index contributed by atoms with van der Waals surface area (Å²) in [5.74, 6) is 0.652. The normalized spacial score (nSPS) is 11.5. The van der Waals surface area contributed by atoms with Gasteiger partial charge in [0, 0.05) is 29.6 Å². The highest BCUT2D eigenvalue weighted by molar-refractivity contribution is 7.98. The van der Waals surface area contributed by atoms with Crippen molar-refractivity contribution in [1.29, 1.82) is 0 Å². The number of thioether (sulfide) groups is 1. The number of rotatable bonds is 5. The van der Waals surface area contributed by atoms with Crippen LogP contribution in [0.25, 0.3) is 15.9 Å². The number of hydrogen-bond donors (Lipinski definition) is 0. The van der Waals surface area contributed by atoms with Gasteiger partial charge in [0.2, 0.25) is 0 Å². The zero-order chi connectivity index (χ0) is 19.1. The van der Waals surface area contributed by atoms with Gasteiger partial charge in [-0.1, -0.05) is 23.9 Å². The maximum Gasteiger partial charge on any atom is 0.263 e. The molecule has 0 saturated carbocycles. The molecule has 27 heavy (non-hydrogen) atoms. The second kappa shape index (κ2) is 6.98. The molecule has 0 radical (unpaired) electrons. The highest BCUT2D eigenvalue weighted by Crippen LogP contribution is 2.29. The largest absolute Gasteiger partial charge is 0.307 e. The van der Waals surface area contributed by atoms with Crippen molar-refractivity contribution in [3.63, 3.8) is 0 Å². The first-order valence-corrected chi connectivity index (χ1v) is 10.5. The first kappa shape index (κ1) is 18.0. The smallest absolute Gasteiger partial charge is 0.263 e. The standard InChI is InChI=1S/C20H20N4OS2/c1-5-8-24-19(25)17-13(3)14(4)27-18(17)22-20(24)26-11-15-10-23-9-12(2)6-7-16(23)21-15/h5-7,9-10H,1,8,11H2,2-4H3. The molecule has 0 saturated heterocycles. The SMILES string of the molecule is C=CCn1c(SCc2cn3cc(C)ccc3n2)nc2sc(C)c(C)c2c1=O. The molecule has 4 heterocycles. The highest BCUT2D eigenvalue weighted by atomic mass is 32.2. The van der Waals surface area contributed by atoms with Crippen LogP contribution in [0.2, 0.25) is 0 Å². The molecule has 0 N–H and O–H groups in total. The van der Waals surface area contributed by atoms with Gasteiger partial charge in [-0.05, 0) is 38.0 Å². The lowest BCUT2D eigenvalue weighted by molar-refractivity contribution is 0.672. The van der Waals surface area contributed by atoms with E-state index in [9.17, 15) is 4.79 Å². The molecule has 4 aromatic rings. The number of thiophene rings is 1. The van der Waals surface area contributed by atoms with Crippen LogP contribution in [0.1, 0.15) is 21.7 Å². The van der Waals surface area contributed by atoms with Gasteiger partial charge in [-0.15, -0.1) is 17.9 Å². The predicted octanol–water partition coefficient (Wildman–Crippen LogP) is 4.51. The predicted molar refractivity (Wildman–Crippen MR) is 113 cm³/mol. The zero-order valence-electron chi connectivity index (χ0n) is 15.5. The maximum absolute atomic E-state index is 13.0. The lowest BCUT2D eigenvalue weighted by atomic mass is 10.2. The Bertz CT molecular complexity index is 1230. The summed E-state index contributed by atoms with van der Waals surface area (Å²) in [6.45, 7) is 10.3. The van der Waals surface area contributed by atoms with E-state index in [-0.39, 0.29) is 5.56 Å². The molecule has 5 nitrogen and oxygen atoms in total. The summed E-state index contributed by atoms with van der Waals surface area (Å²) in [6, 6.07) is 4.07. The third-order valence-corrected chi connectivity index (χ3v) is 6.67. The van der Waals surface area contributed by atoms with Crippen LogP contribution in [0.3, 0.4) is 0 Å². The molecule has 0 aliphatic heterocycles. The minimum absolute atomic E-state index is 0.00914. The quantitative estimate of drug-likeness (QED) is 0.283. The van der Waals surface area contributed by atoms with E-state index in [1.165, 1.54) is 17.3 Å². The fraction of sp³-hybridized carbons (Fsp3) is 0.250. The van der Waals surface area contributed by atoms with E-state index in [1.807, 2.05) is 30.5 Å². The average Bonchev–Trinajstić information content (AvgIpc) is 3.16. The lowest BCUT2D eigenvalue weighted by Gasteiger charge is -2.09. The Kier molecular flexibility index (Phi) is 4.65. The van der Waals surface area contributed by atoms with Gasteiger partial charge in [-0.3, -0.25) is 9.36 Å². The number of hydrogen-bond acceptors (Lipinski definition) is 5. The van der Waals surface area contributed by atoms with E-state index in [0.29, 0.717) is 17.5 Å². The number of allylic oxidation sites excluding steroid dienone is 1. The van der Waals surface area contributed by atoms with Crippen molar-refractivity contribution in [2.75, 3.05) is 0 Å². The highest BCUT2D eigenvalue weighted by Gasteiger charge is 2.16. The van der Waals surface area contributed by atoms with Crippen LogP contribution in [0.4, 0.5) is 0 Å². The lowest BCUT2D eigenvalue weighted by Crippen LogP contribution is -2.22. The number of imidazole rings is 1. The van der Waals surface area contributed by atoms with Crippen molar-refractivity contribution in [1.82, 2.24) is 18.9 Å². The van der Waals surface area contributed by atoms with Gasteiger partial charge in [0.25, 0.3) is 5.56 Å². The van der Waals surface area contributed by atoms with Crippen molar-refractivity contribution < 1.29 is 0 Å². The molecular formula is C20H20N4OS2. The second-order valence-electron chi connectivity index (χ2n) is 6.56. The molecule has 0 aromatic carbocycles. The fourth-order valence-electron chi connectivity index (χ4n) is 3.07. The van der Waals surface area contributed by atoms with Crippen molar-refractivity contribution >= 4 is 39.0 Å². The van der Waals surface area contributed by atoms with E-state index in [0.717, 1.165) is 32.0 Å². The van der Waals surface area contributed by atoms with Crippen LogP contribution in [0.15, 0.2) is 47.1 Å². The summed E-state index contributed by atoms with van der Waals surface area (Å²) >= 11 is 3.12. The summed E-state index contributed by atoms with van der Waals surface area (Å²) in [6.07, 6.45) is 5.83. The van der Waals surface area contributed by atoms with Crippen LogP contribution < -0.4 is 5.56 Å². The number of fused-ring (bicyclic) bond motifs is 2. The third-order valence-electron chi connectivity index (χ3n) is 4.56. The molecule has 0 amide bonds. The minimum atomic E-state index is 0.00914. The molecule has 0 spiro atoms. The molecule has 0 unspecified atom stereocenters. The van der Waals surface area contributed by atoms with Gasteiger partial charge in [0.15, 0.2) is 5.16 Å². The van der Waals surface area contributed by atoms with Crippen LogP contribution in [0, 0.1) is 20.8 Å². The van der Waals surface area contributed by atoms with Gasteiger partial charge in [-0.25, -0.2) is 9.97 Å². The van der Waals surface area contributed by atoms with Crippen molar-refractivity contribution in [2.24, 2.45) is 0 Å². The number of aromatic nitrogens is 4. The van der Waals surface area contributed by atoms with Gasteiger partial charge in [0.05, 0.1) is 11.1 Å². The molecule has 0 fully saturated rings. The molecule has 4 aromatic heterocycles. The molecular weight excluding hydrogens is 376 g/mol. The second-order valence-corrected chi connectivity index (χ2v) is 8.70. The van der Waals surface area contributed by atoms with Crippen LogP contribution in [0.5, 0.6) is 0 Å². The Morgan fingerprint density at radius 1 is 1.22 bits per heavy atom. The van der Waals surface area contributed by atoms with E-state index in [1.54, 1.807) is 22.0 Å². The third kappa shape index (κ3) is 3.21. The van der Waals surface area contributed by atoms with Crippen molar-refractivity contribution in [3.8, 4) is 0 Å². The molecule has 0 bridgehead atoms. The molecule has 0 aliphatic carbocycles. The van der Waals surface area contributed by atoms with E-state index >= 15 is 0 Å². The summed E-state index contributed by atoms with van der Waals surface area (Å²) in [5, 5.41) is 1.44. The first-order chi connectivity index (χ1) is 13.0. The van der Waals surface area contributed by atoms with Gasteiger partial charge < -0.3 is 4.40 Å². The Morgan fingerprint density at radius 2 is 2.04 bits per heavy atom. The van der Waals surface area contributed by atoms with Gasteiger partial charge >= 0.3 is 0 Å². The number of nitrogens with zero attached hydrogens (tertiary/aromatic N) is 4. The van der Waals surface area contributed by atoms with E-state index < -0.39 is 0 Å². The summed E-state index contributed by atoms with van der Waals surface area (Å²) in [4.78, 5) is 24.4. The van der Waals surface area contributed by atoms with E-state index in [2.05, 4.69) is 30.7 Å². The fourth-order valence-corrected chi connectivity index (χ4v) is 5.04. The summed E-state index contributed by atoms with van der Waals surface area (Å²) in [5.41, 5.74) is 4.11. The average molecular weight is 397 g/mol. The molecule has 4 rings (SSSR count). The van der Waals surface area contributed by atoms with E-state index in [4.69, 9.17) is 4.98 Å². The number of pyridine rings is 1. The Balaban J connectivity index is 1.72. The monoisotopic (exact) mass is 396 g/mol. The minimum Gasteiger partial charge on any atom is -0.307 e. The first-order valence-electron chi connectivity index (χ1n) is 8.66. The summed E-state index contributed by atoms with van der Waals surface area (Å²) < 4.78 is 3.74.